The number of carbonyl (C=O) groups is 1. The van der Waals surface area contributed by atoms with Crippen LogP contribution in [0.4, 0.5) is 8.78 Å². The van der Waals surface area contributed by atoms with E-state index in [4.69, 9.17) is 9.47 Å². The molecule has 0 unspecified atom stereocenters. The Hall–Kier alpha value is -2.63. The Morgan fingerprint density at radius 1 is 1.04 bits per heavy atom. The van der Waals surface area contributed by atoms with E-state index in [2.05, 4.69) is 5.32 Å². The highest BCUT2D eigenvalue weighted by Crippen LogP contribution is 2.27. The van der Waals surface area contributed by atoms with Gasteiger partial charge in [0.1, 0.15) is 0 Å². The van der Waals surface area contributed by atoms with Gasteiger partial charge in [-0.3, -0.25) is 4.79 Å². The van der Waals surface area contributed by atoms with Crippen molar-refractivity contribution in [2.75, 3.05) is 14.2 Å². The zero-order valence-electron chi connectivity index (χ0n) is 13.7. The SMILES string of the molecule is COc1ccc(CC(=O)N[C@@H](C)c2ccc(F)c(F)c2)cc1OC. The molecular weight excluding hydrogens is 316 g/mol. The van der Waals surface area contributed by atoms with Crippen LogP contribution >= 0.6 is 0 Å². The Kier molecular flexibility index (Phi) is 5.73. The molecule has 1 atom stereocenters. The van der Waals surface area contributed by atoms with Gasteiger partial charge < -0.3 is 14.8 Å². The van der Waals surface area contributed by atoms with E-state index in [0.29, 0.717) is 17.1 Å². The minimum absolute atomic E-state index is 0.133. The molecule has 1 N–H and O–H groups in total. The summed E-state index contributed by atoms with van der Waals surface area (Å²) in [6, 6.07) is 8.34. The predicted octanol–water partition coefficient (Wildman–Crippen LogP) is 3.40. The standard InChI is InChI=1S/C18H19F2NO3/c1-11(13-5-6-14(19)15(20)10-13)21-18(22)9-12-4-7-16(23-2)17(8-12)24-3/h4-8,10-11H,9H2,1-3H3,(H,21,22)/t11-/m0/s1. The summed E-state index contributed by atoms with van der Waals surface area (Å²) in [7, 11) is 3.06. The van der Waals surface area contributed by atoms with Crippen molar-refractivity contribution in [1.82, 2.24) is 5.32 Å². The minimum atomic E-state index is -0.937. The van der Waals surface area contributed by atoms with Crippen LogP contribution in [0.1, 0.15) is 24.1 Å². The van der Waals surface area contributed by atoms with E-state index in [-0.39, 0.29) is 12.3 Å². The van der Waals surface area contributed by atoms with Crippen molar-refractivity contribution in [1.29, 1.82) is 0 Å². The van der Waals surface area contributed by atoms with Crippen LogP contribution in [0.15, 0.2) is 36.4 Å². The molecule has 0 aromatic heterocycles. The second-order valence-corrected chi connectivity index (χ2v) is 5.33. The lowest BCUT2D eigenvalue weighted by Gasteiger charge is -2.15. The molecular formula is C18H19F2NO3. The highest BCUT2D eigenvalue weighted by molar-refractivity contribution is 5.79. The fraction of sp³-hybridized carbons (Fsp3) is 0.278. The second kappa shape index (κ2) is 7.77. The molecule has 2 aromatic carbocycles. The molecule has 1 amide bonds. The Bertz CT molecular complexity index is 734. The number of carbonyl (C=O) groups excluding carboxylic acids is 1. The normalized spacial score (nSPS) is 11.7. The van der Waals surface area contributed by atoms with Crippen LogP contribution in [-0.4, -0.2) is 20.1 Å². The highest BCUT2D eigenvalue weighted by atomic mass is 19.2. The van der Waals surface area contributed by atoms with Gasteiger partial charge in [0.25, 0.3) is 0 Å². The number of nitrogens with one attached hydrogen (secondary N) is 1. The van der Waals surface area contributed by atoms with Crippen LogP contribution in [0.3, 0.4) is 0 Å². The molecule has 0 radical (unpaired) electrons. The first kappa shape index (κ1) is 17.7. The van der Waals surface area contributed by atoms with E-state index >= 15 is 0 Å². The van der Waals surface area contributed by atoms with Gasteiger partial charge >= 0.3 is 0 Å². The van der Waals surface area contributed by atoms with Crippen molar-refractivity contribution in [2.45, 2.75) is 19.4 Å². The summed E-state index contributed by atoms with van der Waals surface area (Å²) in [4.78, 5) is 12.2. The zero-order valence-corrected chi connectivity index (χ0v) is 13.7. The molecule has 0 saturated heterocycles. The topological polar surface area (TPSA) is 47.6 Å². The molecule has 0 fully saturated rings. The lowest BCUT2D eigenvalue weighted by molar-refractivity contribution is -0.121. The molecule has 2 aromatic rings. The lowest BCUT2D eigenvalue weighted by Crippen LogP contribution is -2.28. The molecule has 0 spiro atoms. The van der Waals surface area contributed by atoms with E-state index in [9.17, 15) is 13.6 Å². The molecule has 128 valence electrons. The van der Waals surface area contributed by atoms with Gasteiger partial charge in [0.05, 0.1) is 26.7 Å². The van der Waals surface area contributed by atoms with E-state index in [1.807, 2.05) is 0 Å². The molecule has 0 heterocycles. The first-order chi connectivity index (χ1) is 11.4. The van der Waals surface area contributed by atoms with Crippen LogP contribution in [0.5, 0.6) is 11.5 Å². The monoisotopic (exact) mass is 335 g/mol. The minimum Gasteiger partial charge on any atom is -0.493 e. The zero-order chi connectivity index (χ0) is 17.7. The van der Waals surface area contributed by atoms with E-state index in [1.165, 1.54) is 20.3 Å². The van der Waals surface area contributed by atoms with Crippen LogP contribution < -0.4 is 14.8 Å². The van der Waals surface area contributed by atoms with Crippen molar-refractivity contribution < 1.29 is 23.0 Å². The number of rotatable bonds is 6. The number of methoxy groups -OCH3 is 2. The van der Waals surface area contributed by atoms with Crippen LogP contribution in [0.2, 0.25) is 0 Å². The molecule has 2 rings (SSSR count). The third kappa shape index (κ3) is 4.22. The van der Waals surface area contributed by atoms with Crippen molar-refractivity contribution in [3.63, 3.8) is 0 Å². The smallest absolute Gasteiger partial charge is 0.224 e. The number of halogens is 2. The number of amides is 1. The Labute approximate surface area is 139 Å². The fourth-order valence-corrected chi connectivity index (χ4v) is 2.33. The molecule has 0 aliphatic heterocycles. The third-order valence-corrected chi connectivity index (χ3v) is 3.63. The average molecular weight is 335 g/mol. The number of hydrogen-bond donors (Lipinski definition) is 1. The summed E-state index contributed by atoms with van der Waals surface area (Å²) in [5.74, 6) is -0.969. The van der Waals surface area contributed by atoms with E-state index in [0.717, 1.165) is 17.7 Å². The van der Waals surface area contributed by atoms with Gasteiger partial charge in [0, 0.05) is 0 Å². The van der Waals surface area contributed by atoms with E-state index in [1.54, 1.807) is 25.1 Å². The Balaban J connectivity index is 2.03. The number of hydrogen-bond acceptors (Lipinski definition) is 3. The van der Waals surface area contributed by atoms with Gasteiger partial charge in [0.15, 0.2) is 23.1 Å². The van der Waals surface area contributed by atoms with Crippen molar-refractivity contribution >= 4 is 5.91 Å². The molecule has 4 nitrogen and oxygen atoms in total. The highest BCUT2D eigenvalue weighted by Gasteiger charge is 2.13. The maximum Gasteiger partial charge on any atom is 0.224 e. The largest absolute Gasteiger partial charge is 0.493 e. The van der Waals surface area contributed by atoms with Gasteiger partial charge in [0.2, 0.25) is 5.91 Å². The average Bonchev–Trinajstić information content (AvgIpc) is 2.56. The first-order valence-corrected chi connectivity index (χ1v) is 7.39. The second-order valence-electron chi connectivity index (χ2n) is 5.33. The Morgan fingerprint density at radius 2 is 1.75 bits per heavy atom. The van der Waals surface area contributed by atoms with Crippen LogP contribution in [-0.2, 0) is 11.2 Å². The maximum absolute atomic E-state index is 13.3. The quantitative estimate of drug-likeness (QED) is 0.880. The fourth-order valence-electron chi connectivity index (χ4n) is 2.33. The molecule has 24 heavy (non-hydrogen) atoms. The molecule has 0 aliphatic carbocycles. The first-order valence-electron chi connectivity index (χ1n) is 7.39. The van der Waals surface area contributed by atoms with Crippen LogP contribution in [0, 0.1) is 11.6 Å². The number of benzene rings is 2. The summed E-state index contributed by atoms with van der Waals surface area (Å²) in [6.07, 6.45) is 0.133. The van der Waals surface area contributed by atoms with Gasteiger partial charge in [-0.2, -0.15) is 0 Å². The molecule has 6 heteroatoms. The van der Waals surface area contributed by atoms with Crippen LogP contribution in [0.25, 0.3) is 0 Å². The lowest BCUT2D eigenvalue weighted by atomic mass is 10.1. The summed E-state index contributed by atoms with van der Waals surface area (Å²) in [5.41, 5.74) is 1.25. The summed E-state index contributed by atoms with van der Waals surface area (Å²) >= 11 is 0. The summed E-state index contributed by atoms with van der Waals surface area (Å²) in [6.45, 7) is 1.71. The van der Waals surface area contributed by atoms with Gasteiger partial charge in [-0.15, -0.1) is 0 Å². The number of ether oxygens (including phenoxy) is 2. The van der Waals surface area contributed by atoms with Crippen molar-refractivity contribution in [3.8, 4) is 11.5 Å². The van der Waals surface area contributed by atoms with Gasteiger partial charge in [-0.1, -0.05) is 12.1 Å². The third-order valence-electron chi connectivity index (χ3n) is 3.63. The predicted molar refractivity (Wildman–Crippen MR) is 86.2 cm³/mol. The summed E-state index contributed by atoms with van der Waals surface area (Å²) in [5, 5.41) is 2.76. The van der Waals surface area contributed by atoms with Crippen molar-refractivity contribution in [2.24, 2.45) is 0 Å². The molecule has 0 bridgehead atoms. The van der Waals surface area contributed by atoms with Crippen molar-refractivity contribution in [3.05, 3.63) is 59.2 Å². The molecule has 0 aliphatic rings. The van der Waals surface area contributed by atoms with E-state index < -0.39 is 17.7 Å². The summed E-state index contributed by atoms with van der Waals surface area (Å²) < 4.78 is 36.6. The maximum atomic E-state index is 13.3. The Morgan fingerprint density at radius 3 is 2.38 bits per heavy atom. The van der Waals surface area contributed by atoms with Gasteiger partial charge in [-0.25, -0.2) is 8.78 Å². The van der Waals surface area contributed by atoms with Gasteiger partial charge in [-0.05, 0) is 42.3 Å². The molecule has 0 saturated carbocycles.